The van der Waals surface area contributed by atoms with Crippen LogP contribution >= 0.6 is 0 Å². The first-order valence-corrected chi connectivity index (χ1v) is 7.92. The molecule has 1 aromatic carbocycles. The summed E-state index contributed by atoms with van der Waals surface area (Å²) in [6.45, 7) is 0.543. The van der Waals surface area contributed by atoms with Crippen molar-refractivity contribution in [3.63, 3.8) is 0 Å². The summed E-state index contributed by atoms with van der Waals surface area (Å²) < 4.78 is 7.14. The van der Waals surface area contributed by atoms with E-state index >= 15 is 0 Å². The van der Waals surface area contributed by atoms with Gasteiger partial charge in [-0.1, -0.05) is 6.07 Å². The highest BCUT2D eigenvalue weighted by Crippen LogP contribution is 2.24. The lowest BCUT2D eigenvalue weighted by molar-refractivity contribution is 0.415. The third kappa shape index (κ3) is 3.47. The van der Waals surface area contributed by atoms with Gasteiger partial charge in [0.15, 0.2) is 5.96 Å². The van der Waals surface area contributed by atoms with Gasteiger partial charge >= 0.3 is 0 Å². The number of benzene rings is 1. The van der Waals surface area contributed by atoms with Gasteiger partial charge in [-0.15, -0.1) is 0 Å². The number of nitrogens with one attached hydrogen (secondary N) is 1. The molecule has 0 fully saturated rings. The highest BCUT2D eigenvalue weighted by molar-refractivity contribution is 5.92. The minimum Gasteiger partial charge on any atom is -0.497 e. The number of nitrogens with zero attached hydrogens (tertiary/aromatic N) is 3. The summed E-state index contributed by atoms with van der Waals surface area (Å²) in [4.78, 5) is 4.47. The summed E-state index contributed by atoms with van der Waals surface area (Å²) >= 11 is 0. The van der Waals surface area contributed by atoms with Crippen molar-refractivity contribution in [2.75, 3.05) is 12.4 Å². The molecule has 0 bridgehead atoms. The van der Waals surface area contributed by atoms with E-state index in [1.807, 2.05) is 36.0 Å². The number of hydrogen-bond donors (Lipinski definition) is 2. The largest absolute Gasteiger partial charge is 0.497 e. The number of aromatic nitrogens is 2. The first kappa shape index (κ1) is 15.4. The molecule has 2 aromatic rings. The van der Waals surface area contributed by atoms with E-state index in [-0.39, 0.29) is 0 Å². The fourth-order valence-electron chi connectivity index (χ4n) is 2.99. The molecule has 1 aliphatic carbocycles. The van der Waals surface area contributed by atoms with E-state index in [0.29, 0.717) is 12.5 Å². The zero-order valence-corrected chi connectivity index (χ0v) is 13.7. The number of rotatable bonds is 4. The second-order valence-electron chi connectivity index (χ2n) is 5.76. The summed E-state index contributed by atoms with van der Waals surface area (Å²) in [7, 11) is 3.62. The molecule has 122 valence electrons. The van der Waals surface area contributed by atoms with Crippen LogP contribution in [-0.2, 0) is 26.4 Å². The van der Waals surface area contributed by atoms with E-state index in [9.17, 15) is 0 Å². The topological polar surface area (TPSA) is 77.5 Å². The lowest BCUT2D eigenvalue weighted by Crippen LogP contribution is -2.22. The lowest BCUT2D eigenvalue weighted by Gasteiger charge is -2.11. The Labute approximate surface area is 136 Å². The van der Waals surface area contributed by atoms with Crippen LogP contribution < -0.4 is 15.8 Å². The van der Waals surface area contributed by atoms with E-state index in [4.69, 9.17) is 10.5 Å². The molecule has 0 saturated carbocycles. The monoisotopic (exact) mass is 313 g/mol. The molecular formula is C17H23N5O. The second-order valence-corrected chi connectivity index (χ2v) is 5.76. The van der Waals surface area contributed by atoms with Crippen molar-refractivity contribution >= 4 is 11.6 Å². The number of anilines is 1. The van der Waals surface area contributed by atoms with Crippen molar-refractivity contribution in [1.29, 1.82) is 0 Å². The Bertz CT molecular complexity index is 720. The maximum atomic E-state index is 6.01. The fraction of sp³-hybridized carbons (Fsp3) is 0.412. The fourth-order valence-corrected chi connectivity index (χ4v) is 2.99. The maximum absolute atomic E-state index is 6.01. The Morgan fingerprint density at radius 3 is 3.04 bits per heavy atom. The number of methoxy groups -OCH3 is 1. The van der Waals surface area contributed by atoms with Gasteiger partial charge in [0.25, 0.3) is 0 Å². The van der Waals surface area contributed by atoms with Crippen LogP contribution in [0.25, 0.3) is 0 Å². The predicted molar refractivity (Wildman–Crippen MR) is 91.8 cm³/mol. The quantitative estimate of drug-likeness (QED) is 0.670. The molecule has 3 rings (SSSR count). The average molecular weight is 313 g/mol. The first-order valence-electron chi connectivity index (χ1n) is 7.92. The van der Waals surface area contributed by atoms with Gasteiger partial charge in [-0.05, 0) is 43.4 Å². The van der Waals surface area contributed by atoms with Gasteiger partial charge < -0.3 is 15.8 Å². The Morgan fingerprint density at radius 1 is 1.39 bits per heavy atom. The lowest BCUT2D eigenvalue weighted by atomic mass is 9.96. The Balaban J connectivity index is 1.71. The van der Waals surface area contributed by atoms with Crippen LogP contribution in [0.2, 0.25) is 0 Å². The number of aryl methyl sites for hydroxylation is 2. The Morgan fingerprint density at radius 2 is 2.22 bits per heavy atom. The standard InChI is InChI=1S/C17H23N5O/c1-22-16(14-8-3-4-9-15(14)21-22)11-19-17(18)20-12-6-5-7-13(10-12)23-2/h5-7,10H,3-4,8-9,11H2,1-2H3,(H3,18,19,20). The highest BCUT2D eigenvalue weighted by atomic mass is 16.5. The third-order valence-corrected chi connectivity index (χ3v) is 4.19. The molecule has 0 unspecified atom stereocenters. The van der Waals surface area contributed by atoms with Gasteiger partial charge in [-0.3, -0.25) is 4.68 Å². The van der Waals surface area contributed by atoms with Crippen LogP contribution in [0.1, 0.15) is 29.8 Å². The normalized spacial score (nSPS) is 14.4. The van der Waals surface area contributed by atoms with E-state index < -0.39 is 0 Å². The molecule has 1 aromatic heterocycles. The van der Waals surface area contributed by atoms with Crippen LogP contribution in [0.4, 0.5) is 5.69 Å². The van der Waals surface area contributed by atoms with Gasteiger partial charge in [0.2, 0.25) is 0 Å². The van der Waals surface area contributed by atoms with Crippen LogP contribution in [0.5, 0.6) is 5.75 Å². The summed E-state index contributed by atoms with van der Waals surface area (Å²) in [6.07, 6.45) is 4.63. The summed E-state index contributed by atoms with van der Waals surface area (Å²) in [5.41, 5.74) is 10.6. The Kier molecular flexibility index (Phi) is 4.50. The van der Waals surface area contributed by atoms with Gasteiger partial charge in [-0.25, -0.2) is 4.99 Å². The second kappa shape index (κ2) is 6.73. The third-order valence-electron chi connectivity index (χ3n) is 4.19. The van der Waals surface area contributed by atoms with Crippen molar-refractivity contribution in [3.05, 3.63) is 41.2 Å². The zero-order valence-electron chi connectivity index (χ0n) is 13.7. The molecule has 3 N–H and O–H groups in total. The molecule has 0 amide bonds. The molecule has 23 heavy (non-hydrogen) atoms. The van der Waals surface area contributed by atoms with Crippen molar-refractivity contribution in [2.45, 2.75) is 32.2 Å². The van der Waals surface area contributed by atoms with E-state index in [2.05, 4.69) is 15.4 Å². The molecular weight excluding hydrogens is 290 g/mol. The molecule has 1 heterocycles. The molecule has 1 aliphatic rings. The van der Waals surface area contributed by atoms with Crippen molar-refractivity contribution in [3.8, 4) is 5.75 Å². The number of aliphatic imine (C=N–C) groups is 1. The summed E-state index contributed by atoms with van der Waals surface area (Å²) in [6, 6.07) is 7.61. The average Bonchev–Trinajstić information content (AvgIpc) is 2.88. The molecule has 0 aliphatic heterocycles. The molecule has 0 atom stereocenters. The van der Waals surface area contributed by atoms with Gasteiger partial charge in [0.05, 0.1) is 25.0 Å². The highest BCUT2D eigenvalue weighted by Gasteiger charge is 2.18. The number of hydrogen-bond acceptors (Lipinski definition) is 3. The Hall–Kier alpha value is -2.50. The molecule has 0 radical (unpaired) electrons. The predicted octanol–water partition coefficient (Wildman–Crippen LogP) is 2.23. The van der Waals surface area contributed by atoms with Gasteiger partial charge in [-0.2, -0.15) is 5.10 Å². The minimum atomic E-state index is 0.393. The summed E-state index contributed by atoms with van der Waals surface area (Å²) in [5, 5.41) is 7.70. The van der Waals surface area contributed by atoms with E-state index in [1.165, 1.54) is 24.1 Å². The summed E-state index contributed by atoms with van der Waals surface area (Å²) in [5.74, 6) is 1.17. The first-order chi connectivity index (χ1) is 11.2. The molecule has 6 heteroatoms. The maximum Gasteiger partial charge on any atom is 0.193 e. The van der Waals surface area contributed by atoms with Gasteiger partial charge in [0.1, 0.15) is 5.75 Å². The number of nitrogens with two attached hydrogens (primary N) is 1. The van der Waals surface area contributed by atoms with Gasteiger partial charge in [0, 0.05) is 18.8 Å². The van der Waals surface area contributed by atoms with Crippen LogP contribution in [-0.4, -0.2) is 22.8 Å². The minimum absolute atomic E-state index is 0.393. The van der Waals surface area contributed by atoms with Crippen LogP contribution in [0.15, 0.2) is 29.3 Å². The molecule has 6 nitrogen and oxygen atoms in total. The molecule has 0 spiro atoms. The van der Waals surface area contributed by atoms with E-state index in [1.54, 1.807) is 7.11 Å². The van der Waals surface area contributed by atoms with Crippen LogP contribution in [0.3, 0.4) is 0 Å². The van der Waals surface area contributed by atoms with Crippen molar-refractivity contribution < 1.29 is 4.74 Å². The molecule has 0 saturated heterocycles. The number of fused-ring (bicyclic) bond motifs is 1. The van der Waals surface area contributed by atoms with E-state index in [0.717, 1.165) is 30.0 Å². The zero-order chi connectivity index (χ0) is 16.2. The number of guanidine groups is 1. The van der Waals surface area contributed by atoms with Crippen molar-refractivity contribution in [2.24, 2.45) is 17.8 Å². The smallest absolute Gasteiger partial charge is 0.193 e. The SMILES string of the molecule is COc1cccc(NC(N)=NCc2c3c(nn2C)CCCC3)c1. The van der Waals surface area contributed by atoms with Crippen molar-refractivity contribution in [1.82, 2.24) is 9.78 Å². The van der Waals surface area contributed by atoms with Crippen LogP contribution in [0, 0.1) is 0 Å². The number of ether oxygens (including phenoxy) is 1.